The molecule has 1 aliphatic rings. The van der Waals surface area contributed by atoms with Gasteiger partial charge in [-0.05, 0) is 63.3 Å². The number of anilines is 1. The van der Waals surface area contributed by atoms with Crippen molar-refractivity contribution in [1.82, 2.24) is 9.80 Å². The molecule has 1 aliphatic heterocycles. The average Bonchev–Trinajstić information content (AvgIpc) is 2.73. The summed E-state index contributed by atoms with van der Waals surface area (Å²) in [5.41, 5.74) is 0.745. The number of likely N-dealkylation sites (tertiary alicyclic amines) is 1. The zero-order valence-corrected chi connectivity index (χ0v) is 19.6. The van der Waals surface area contributed by atoms with Gasteiger partial charge < -0.3 is 22.2 Å². The Bertz CT molecular complexity index is 978. The number of hydrogen-bond acceptors (Lipinski definition) is 4. The number of carbonyl (C=O) groups excluding carboxylic acids is 1. The Labute approximate surface area is 189 Å². The molecule has 1 fully saturated rings. The smallest absolute Gasteiger partial charge is 0.264 e. The normalized spacial score (nSPS) is 15.3. The highest BCUT2D eigenvalue weighted by molar-refractivity contribution is 7.92. The summed E-state index contributed by atoms with van der Waals surface area (Å²) in [6.45, 7) is 1.85. The molecular weight excluding hydrogens is 445 g/mol. The van der Waals surface area contributed by atoms with Crippen molar-refractivity contribution in [1.29, 1.82) is 0 Å². The zero-order chi connectivity index (χ0) is 21.2. The van der Waals surface area contributed by atoms with Crippen molar-refractivity contribution in [3.63, 3.8) is 0 Å². The first-order valence-electron chi connectivity index (χ1n) is 9.51. The van der Waals surface area contributed by atoms with Crippen LogP contribution in [0.15, 0.2) is 53.4 Å². The molecule has 0 N–H and O–H groups in total. The number of halogens is 2. The van der Waals surface area contributed by atoms with E-state index in [1.165, 1.54) is 29.6 Å². The van der Waals surface area contributed by atoms with E-state index in [-0.39, 0.29) is 39.8 Å². The largest absolute Gasteiger partial charge is 1.00 e. The van der Waals surface area contributed by atoms with Crippen LogP contribution in [0.25, 0.3) is 0 Å². The molecule has 164 valence electrons. The van der Waals surface area contributed by atoms with Crippen LogP contribution >= 0.6 is 11.6 Å². The Morgan fingerprint density at radius 2 is 1.67 bits per heavy atom. The molecule has 0 saturated carbocycles. The van der Waals surface area contributed by atoms with Gasteiger partial charge in [0.15, 0.2) is 0 Å². The number of sulfonamides is 1. The first kappa shape index (κ1) is 24.5. The fourth-order valence-corrected chi connectivity index (χ4v) is 4.92. The van der Waals surface area contributed by atoms with Crippen LogP contribution in [-0.2, 0) is 10.0 Å². The molecule has 1 heterocycles. The summed E-state index contributed by atoms with van der Waals surface area (Å²) in [4.78, 5) is 17.0. The van der Waals surface area contributed by atoms with E-state index in [4.69, 9.17) is 11.6 Å². The van der Waals surface area contributed by atoms with Gasteiger partial charge in [-0.2, -0.15) is 0 Å². The van der Waals surface area contributed by atoms with Crippen LogP contribution in [0.3, 0.4) is 0 Å². The first-order chi connectivity index (χ1) is 13.7. The van der Waals surface area contributed by atoms with E-state index in [0.29, 0.717) is 5.69 Å². The standard InChI is InChI=1S/C21H26ClN3O3S.ClH/c1-23-13-11-16(12-14-23)24(2)21(26)19-15-18(9-10-20(19)22)29(27,28)25(3)17-7-5-4-6-8-17;/h4-10,15-16H,11-14H2,1-3H3;1H/p-1. The molecule has 1 amide bonds. The van der Waals surface area contributed by atoms with E-state index in [0.717, 1.165) is 25.9 Å². The quantitative estimate of drug-likeness (QED) is 0.631. The highest BCUT2D eigenvalue weighted by Gasteiger charge is 2.28. The van der Waals surface area contributed by atoms with E-state index in [1.807, 2.05) is 6.07 Å². The minimum absolute atomic E-state index is 0. The number of amides is 1. The average molecular weight is 471 g/mol. The molecule has 30 heavy (non-hydrogen) atoms. The van der Waals surface area contributed by atoms with Crippen LogP contribution in [0.1, 0.15) is 23.2 Å². The lowest BCUT2D eigenvalue weighted by atomic mass is 10.0. The van der Waals surface area contributed by atoms with Gasteiger partial charge >= 0.3 is 0 Å². The molecule has 0 bridgehead atoms. The van der Waals surface area contributed by atoms with Crippen molar-refractivity contribution < 1.29 is 25.6 Å². The predicted octanol–water partition coefficient (Wildman–Crippen LogP) is 0.335. The van der Waals surface area contributed by atoms with E-state index in [2.05, 4.69) is 11.9 Å². The highest BCUT2D eigenvalue weighted by atomic mass is 35.5. The highest BCUT2D eigenvalue weighted by Crippen LogP contribution is 2.27. The number of carbonyl (C=O) groups is 1. The second kappa shape index (κ2) is 10.0. The van der Waals surface area contributed by atoms with Crippen LogP contribution in [0.4, 0.5) is 5.69 Å². The maximum Gasteiger partial charge on any atom is 0.264 e. The topological polar surface area (TPSA) is 60.9 Å². The number of rotatable bonds is 5. The summed E-state index contributed by atoms with van der Waals surface area (Å²) in [6, 6.07) is 13.2. The molecule has 9 heteroatoms. The third kappa shape index (κ3) is 5.09. The van der Waals surface area contributed by atoms with E-state index >= 15 is 0 Å². The van der Waals surface area contributed by atoms with Gasteiger partial charge in [-0.1, -0.05) is 29.8 Å². The molecule has 0 aliphatic carbocycles. The minimum atomic E-state index is -3.83. The zero-order valence-electron chi connectivity index (χ0n) is 17.3. The Morgan fingerprint density at radius 1 is 1.07 bits per heavy atom. The van der Waals surface area contributed by atoms with Crippen LogP contribution in [-0.4, -0.2) is 64.4 Å². The third-order valence-corrected chi connectivity index (χ3v) is 7.61. The van der Waals surface area contributed by atoms with Gasteiger partial charge in [0.25, 0.3) is 15.9 Å². The van der Waals surface area contributed by atoms with Crippen LogP contribution in [0.2, 0.25) is 5.02 Å². The third-order valence-electron chi connectivity index (χ3n) is 5.50. The lowest BCUT2D eigenvalue weighted by Crippen LogP contribution is -3.00. The van der Waals surface area contributed by atoms with Crippen molar-refractivity contribution in [2.24, 2.45) is 0 Å². The lowest BCUT2D eigenvalue weighted by molar-refractivity contribution is -0.0000190. The van der Waals surface area contributed by atoms with Gasteiger partial charge in [0.2, 0.25) is 0 Å². The molecule has 0 unspecified atom stereocenters. The summed E-state index contributed by atoms with van der Waals surface area (Å²) < 4.78 is 27.4. The van der Waals surface area contributed by atoms with Crippen molar-refractivity contribution in [2.75, 3.05) is 38.5 Å². The van der Waals surface area contributed by atoms with Crippen molar-refractivity contribution in [3.8, 4) is 0 Å². The molecular formula is C21H26Cl2N3O3S-. The van der Waals surface area contributed by atoms with Crippen LogP contribution in [0, 0.1) is 0 Å². The Kier molecular flexibility index (Phi) is 8.16. The van der Waals surface area contributed by atoms with Gasteiger partial charge in [0.1, 0.15) is 0 Å². The number of nitrogens with zero attached hydrogens (tertiary/aromatic N) is 3. The molecule has 0 aromatic heterocycles. The van der Waals surface area contributed by atoms with Crippen molar-refractivity contribution in [3.05, 3.63) is 59.1 Å². The lowest BCUT2D eigenvalue weighted by Gasteiger charge is -2.35. The molecule has 6 nitrogen and oxygen atoms in total. The van der Waals surface area contributed by atoms with Gasteiger partial charge in [0, 0.05) is 20.1 Å². The minimum Gasteiger partial charge on any atom is -1.00 e. The molecule has 0 atom stereocenters. The number of hydrogen-bond donors (Lipinski definition) is 0. The van der Waals surface area contributed by atoms with Crippen molar-refractivity contribution >= 4 is 33.2 Å². The maximum absolute atomic E-state index is 13.1. The molecule has 3 rings (SSSR count). The van der Waals surface area contributed by atoms with Gasteiger partial charge in [-0.25, -0.2) is 8.42 Å². The summed E-state index contributed by atoms with van der Waals surface area (Å²) >= 11 is 6.28. The van der Waals surface area contributed by atoms with E-state index in [9.17, 15) is 13.2 Å². The Morgan fingerprint density at radius 3 is 2.27 bits per heavy atom. The van der Waals surface area contributed by atoms with Crippen molar-refractivity contribution in [2.45, 2.75) is 23.8 Å². The van der Waals surface area contributed by atoms with Gasteiger partial charge in [-0.3, -0.25) is 9.10 Å². The molecule has 1 saturated heterocycles. The van der Waals surface area contributed by atoms with Gasteiger partial charge in [0.05, 0.1) is 21.2 Å². The van der Waals surface area contributed by atoms with E-state index < -0.39 is 10.0 Å². The maximum atomic E-state index is 13.1. The Balaban J connectivity index is 0.00000320. The predicted molar refractivity (Wildman–Crippen MR) is 116 cm³/mol. The second-order valence-electron chi connectivity index (χ2n) is 7.40. The summed E-state index contributed by atoms with van der Waals surface area (Å²) in [5.74, 6) is -0.260. The number of benzene rings is 2. The van der Waals surface area contributed by atoms with Crippen LogP contribution < -0.4 is 16.7 Å². The number of para-hydroxylation sites is 1. The monoisotopic (exact) mass is 470 g/mol. The summed E-state index contributed by atoms with van der Waals surface area (Å²) in [6.07, 6.45) is 1.76. The SMILES string of the molecule is CN1CCC(N(C)C(=O)c2cc(S(=O)(=O)N(C)c3ccccc3)ccc2Cl)CC1.[Cl-]. The van der Waals surface area contributed by atoms with Gasteiger partial charge in [-0.15, -0.1) is 0 Å². The second-order valence-corrected chi connectivity index (χ2v) is 9.78. The Hall–Kier alpha value is -1.80. The van der Waals surface area contributed by atoms with Crippen LogP contribution in [0.5, 0.6) is 0 Å². The summed E-state index contributed by atoms with van der Waals surface area (Å²) in [5, 5.41) is 0.246. The fraction of sp³-hybridized carbons (Fsp3) is 0.381. The molecule has 0 spiro atoms. The van der Waals surface area contributed by atoms with E-state index in [1.54, 1.807) is 36.2 Å². The molecule has 2 aromatic rings. The fourth-order valence-electron chi connectivity index (χ4n) is 3.50. The molecule has 0 radical (unpaired) electrons. The molecule has 2 aromatic carbocycles. The first-order valence-corrected chi connectivity index (χ1v) is 11.3. The number of piperidine rings is 1. The summed E-state index contributed by atoms with van der Waals surface area (Å²) in [7, 11) is 1.48.